The molecule has 1 aliphatic rings. The smallest absolute Gasteiger partial charge is 0.237 e. The molecule has 0 spiro atoms. The molecule has 22 heavy (non-hydrogen) atoms. The first kappa shape index (κ1) is 17.3. The number of rotatable bonds is 6. The van der Waals surface area contributed by atoms with E-state index in [0.29, 0.717) is 19.5 Å². The molecule has 0 radical (unpaired) electrons. The number of aliphatic hydroxyl groups is 1. The Bertz CT molecular complexity index is 500. The summed E-state index contributed by atoms with van der Waals surface area (Å²) in [4.78, 5) is 12.2. The lowest BCUT2D eigenvalue weighted by atomic mass is 9.75. The molecule has 2 rings (SSSR count). The molecule has 4 nitrogen and oxygen atoms in total. The molecule has 0 saturated carbocycles. The zero-order valence-corrected chi connectivity index (χ0v) is 14.0. The number of aliphatic hydroxyl groups excluding tert-OH is 1. The monoisotopic (exact) mass is 324 g/mol. The van der Waals surface area contributed by atoms with E-state index in [1.54, 1.807) is 0 Å². The minimum absolute atomic E-state index is 0.0308. The molecule has 1 amide bonds. The van der Waals surface area contributed by atoms with E-state index >= 15 is 0 Å². The van der Waals surface area contributed by atoms with Gasteiger partial charge in [-0.3, -0.25) is 4.79 Å². The maximum Gasteiger partial charge on any atom is 0.237 e. The molecule has 0 aromatic heterocycles. The number of amides is 1. The summed E-state index contributed by atoms with van der Waals surface area (Å²) in [6.07, 6.45) is 1.94. The van der Waals surface area contributed by atoms with Crippen LogP contribution in [0.5, 0.6) is 0 Å². The van der Waals surface area contributed by atoms with Crippen molar-refractivity contribution >= 4 is 17.5 Å². The quantitative estimate of drug-likeness (QED) is 0.752. The summed E-state index contributed by atoms with van der Waals surface area (Å²) in [7, 11) is 0. The minimum Gasteiger partial charge on any atom is -0.392 e. The van der Waals surface area contributed by atoms with Crippen LogP contribution < -0.4 is 10.6 Å². The van der Waals surface area contributed by atoms with Crippen LogP contribution in [-0.2, 0) is 10.2 Å². The summed E-state index contributed by atoms with van der Waals surface area (Å²) in [6.45, 7) is 5.36. The third-order valence-electron chi connectivity index (χ3n) is 4.84. The molecule has 1 heterocycles. The number of hydrogen-bond donors (Lipinski definition) is 3. The first-order chi connectivity index (χ1) is 10.5. The average Bonchev–Trinajstić information content (AvgIpc) is 2.96. The summed E-state index contributed by atoms with van der Waals surface area (Å²) in [6, 6.07) is 7.59. The Kier molecular flexibility index (Phi) is 5.84. The van der Waals surface area contributed by atoms with Gasteiger partial charge in [0.25, 0.3) is 0 Å². The molecule has 122 valence electrons. The summed E-state index contributed by atoms with van der Waals surface area (Å²) in [5, 5.41) is 16.3. The third-order valence-corrected chi connectivity index (χ3v) is 5.09. The molecule has 1 aromatic carbocycles. The summed E-state index contributed by atoms with van der Waals surface area (Å²) >= 11 is 5.97. The van der Waals surface area contributed by atoms with Gasteiger partial charge in [-0.25, -0.2) is 0 Å². The highest BCUT2D eigenvalue weighted by molar-refractivity contribution is 6.30. The Labute approximate surface area is 137 Å². The summed E-state index contributed by atoms with van der Waals surface area (Å²) < 4.78 is 0. The predicted molar refractivity (Wildman–Crippen MR) is 89.1 cm³/mol. The Morgan fingerprint density at radius 1 is 1.36 bits per heavy atom. The molecule has 2 unspecified atom stereocenters. The van der Waals surface area contributed by atoms with Crippen molar-refractivity contribution in [1.29, 1.82) is 0 Å². The van der Waals surface area contributed by atoms with Gasteiger partial charge < -0.3 is 15.7 Å². The van der Waals surface area contributed by atoms with Crippen LogP contribution in [-0.4, -0.2) is 36.2 Å². The van der Waals surface area contributed by atoms with E-state index in [2.05, 4.69) is 24.5 Å². The fourth-order valence-electron chi connectivity index (χ4n) is 3.11. The second kappa shape index (κ2) is 7.44. The number of β-amino-alcohol motifs (C(OH)–C–C–N with tert-alkyl or cyclic N) is 1. The van der Waals surface area contributed by atoms with Crippen molar-refractivity contribution in [1.82, 2.24) is 10.6 Å². The molecule has 3 N–H and O–H groups in total. The van der Waals surface area contributed by atoms with Crippen LogP contribution in [0.4, 0.5) is 0 Å². The largest absolute Gasteiger partial charge is 0.392 e. The topological polar surface area (TPSA) is 61.4 Å². The number of nitrogens with one attached hydrogen (secondary N) is 2. The average molecular weight is 325 g/mol. The summed E-state index contributed by atoms with van der Waals surface area (Å²) in [5.74, 6) is -0.0308. The van der Waals surface area contributed by atoms with E-state index in [1.165, 1.54) is 5.56 Å². The molecule has 0 bridgehead atoms. The number of carbonyl (C=O) groups excluding carboxylic acids is 1. The van der Waals surface area contributed by atoms with Crippen molar-refractivity contribution < 1.29 is 9.90 Å². The maximum atomic E-state index is 12.2. The van der Waals surface area contributed by atoms with Gasteiger partial charge in [-0.15, -0.1) is 0 Å². The SMILES string of the molecule is CCC(CC)(CNC(=O)C1CC(O)CN1)c1ccc(Cl)cc1. The fraction of sp³-hybridized carbons (Fsp3) is 0.588. The Morgan fingerprint density at radius 2 is 2.00 bits per heavy atom. The second-order valence-electron chi connectivity index (χ2n) is 6.06. The van der Waals surface area contributed by atoms with Crippen molar-refractivity contribution in [2.24, 2.45) is 0 Å². The highest BCUT2D eigenvalue weighted by Crippen LogP contribution is 2.32. The van der Waals surface area contributed by atoms with Gasteiger partial charge in [0.2, 0.25) is 5.91 Å². The molecule has 1 saturated heterocycles. The lowest BCUT2D eigenvalue weighted by Gasteiger charge is -2.33. The van der Waals surface area contributed by atoms with Crippen LogP contribution in [0, 0.1) is 0 Å². The Hall–Kier alpha value is -1.10. The van der Waals surface area contributed by atoms with Crippen molar-refractivity contribution in [2.75, 3.05) is 13.1 Å². The maximum absolute atomic E-state index is 12.2. The predicted octanol–water partition coefficient (Wildman–Crippen LogP) is 2.24. The van der Waals surface area contributed by atoms with E-state index in [9.17, 15) is 9.90 Å². The number of hydrogen-bond acceptors (Lipinski definition) is 3. The van der Waals surface area contributed by atoms with Gasteiger partial charge in [-0.05, 0) is 37.0 Å². The van der Waals surface area contributed by atoms with E-state index in [-0.39, 0.29) is 17.4 Å². The third kappa shape index (κ3) is 3.80. The van der Waals surface area contributed by atoms with E-state index in [1.807, 2.05) is 24.3 Å². The van der Waals surface area contributed by atoms with E-state index in [0.717, 1.165) is 17.9 Å². The normalized spacial score (nSPS) is 21.8. The zero-order chi connectivity index (χ0) is 16.2. The van der Waals surface area contributed by atoms with Crippen LogP contribution in [0.1, 0.15) is 38.7 Å². The Morgan fingerprint density at radius 3 is 2.50 bits per heavy atom. The second-order valence-corrected chi connectivity index (χ2v) is 6.50. The van der Waals surface area contributed by atoms with Crippen molar-refractivity contribution in [2.45, 2.75) is 50.7 Å². The highest BCUT2D eigenvalue weighted by atomic mass is 35.5. The van der Waals surface area contributed by atoms with Gasteiger partial charge in [0.15, 0.2) is 0 Å². The minimum atomic E-state index is -0.422. The van der Waals surface area contributed by atoms with Gasteiger partial charge in [-0.2, -0.15) is 0 Å². The van der Waals surface area contributed by atoms with Gasteiger partial charge in [0, 0.05) is 23.5 Å². The first-order valence-corrected chi connectivity index (χ1v) is 8.33. The van der Waals surface area contributed by atoms with Crippen LogP contribution in [0.15, 0.2) is 24.3 Å². The standard InChI is InChI=1S/C17H25ClN2O2/c1-3-17(4-2,12-5-7-13(18)8-6-12)11-20-16(22)15-9-14(21)10-19-15/h5-8,14-15,19,21H,3-4,9-11H2,1-2H3,(H,20,22). The molecule has 1 aromatic rings. The first-order valence-electron chi connectivity index (χ1n) is 7.96. The molecule has 0 aliphatic carbocycles. The van der Waals surface area contributed by atoms with Gasteiger partial charge >= 0.3 is 0 Å². The van der Waals surface area contributed by atoms with E-state index < -0.39 is 6.10 Å². The zero-order valence-electron chi connectivity index (χ0n) is 13.2. The Balaban J connectivity index is 2.05. The van der Waals surface area contributed by atoms with Crippen LogP contribution in [0.25, 0.3) is 0 Å². The van der Waals surface area contributed by atoms with Crippen molar-refractivity contribution in [3.8, 4) is 0 Å². The van der Waals surface area contributed by atoms with Gasteiger partial charge in [-0.1, -0.05) is 37.6 Å². The van der Waals surface area contributed by atoms with Crippen molar-refractivity contribution in [3.05, 3.63) is 34.9 Å². The fourth-order valence-corrected chi connectivity index (χ4v) is 3.24. The van der Waals surface area contributed by atoms with Gasteiger partial charge in [0.1, 0.15) is 0 Å². The number of halogens is 1. The number of benzene rings is 1. The molecule has 2 atom stereocenters. The molecule has 5 heteroatoms. The molecule has 1 fully saturated rings. The van der Waals surface area contributed by atoms with Crippen LogP contribution in [0.2, 0.25) is 5.02 Å². The molecular weight excluding hydrogens is 300 g/mol. The molecule has 1 aliphatic heterocycles. The van der Waals surface area contributed by atoms with Crippen LogP contribution in [0.3, 0.4) is 0 Å². The lowest BCUT2D eigenvalue weighted by Crippen LogP contribution is -2.46. The van der Waals surface area contributed by atoms with Crippen LogP contribution >= 0.6 is 11.6 Å². The highest BCUT2D eigenvalue weighted by Gasteiger charge is 2.32. The van der Waals surface area contributed by atoms with E-state index in [4.69, 9.17) is 11.6 Å². The lowest BCUT2D eigenvalue weighted by molar-refractivity contribution is -0.123. The van der Waals surface area contributed by atoms with Crippen molar-refractivity contribution in [3.63, 3.8) is 0 Å². The summed E-state index contributed by atoms with van der Waals surface area (Å²) in [5.41, 5.74) is 1.11. The van der Waals surface area contributed by atoms with Gasteiger partial charge in [0.05, 0.1) is 12.1 Å². The number of carbonyl (C=O) groups is 1. The molecular formula is C17H25ClN2O2.